The molecule has 6 nitrogen and oxygen atoms in total. The number of nitrogens with zero attached hydrogens (tertiary/aromatic N) is 2. The molecule has 2 aromatic carbocycles. The Bertz CT molecular complexity index is 1110. The highest BCUT2D eigenvalue weighted by atomic mass is 35.5. The number of benzene rings is 2. The van der Waals surface area contributed by atoms with E-state index < -0.39 is 0 Å². The van der Waals surface area contributed by atoms with E-state index >= 15 is 0 Å². The summed E-state index contributed by atoms with van der Waals surface area (Å²) in [5.41, 5.74) is 4.78. The first-order valence-corrected chi connectivity index (χ1v) is 11.3. The highest BCUT2D eigenvalue weighted by Crippen LogP contribution is 2.21. The predicted molar refractivity (Wildman–Crippen MR) is 127 cm³/mol. The number of rotatable bonds is 6. The molecule has 2 amide bonds. The summed E-state index contributed by atoms with van der Waals surface area (Å²) in [7, 11) is 0. The topological polar surface area (TPSA) is 76.0 Å². The second-order valence-electron chi connectivity index (χ2n) is 8.29. The number of aromatic nitrogens is 2. The van der Waals surface area contributed by atoms with Crippen LogP contribution in [0.15, 0.2) is 48.5 Å². The molecule has 2 N–H and O–H groups in total. The normalized spacial score (nSPS) is 13.8. The zero-order valence-corrected chi connectivity index (χ0v) is 19.1. The molecule has 0 atom stereocenters. The number of halogens is 1. The highest BCUT2D eigenvalue weighted by Gasteiger charge is 2.19. The van der Waals surface area contributed by atoms with Crippen LogP contribution in [0.25, 0.3) is 5.69 Å². The van der Waals surface area contributed by atoms with Crippen molar-refractivity contribution in [2.24, 2.45) is 0 Å². The Kier molecular flexibility index (Phi) is 6.61. The van der Waals surface area contributed by atoms with Crippen molar-refractivity contribution in [1.29, 1.82) is 0 Å². The molecule has 4 rings (SSSR count). The van der Waals surface area contributed by atoms with E-state index in [4.69, 9.17) is 11.6 Å². The third kappa shape index (κ3) is 5.02. The maximum Gasteiger partial charge on any atom is 0.251 e. The quantitative estimate of drug-likeness (QED) is 0.555. The van der Waals surface area contributed by atoms with Crippen LogP contribution in [0.1, 0.15) is 53.0 Å². The molecule has 32 heavy (non-hydrogen) atoms. The number of aryl methyl sites for hydroxylation is 1. The van der Waals surface area contributed by atoms with Crippen LogP contribution in [0.3, 0.4) is 0 Å². The maximum absolute atomic E-state index is 12.7. The van der Waals surface area contributed by atoms with Crippen LogP contribution in [0.4, 0.5) is 5.69 Å². The molecule has 0 radical (unpaired) electrons. The molecule has 1 aliphatic carbocycles. The summed E-state index contributed by atoms with van der Waals surface area (Å²) in [4.78, 5) is 25.1. The van der Waals surface area contributed by atoms with Gasteiger partial charge in [0.05, 0.1) is 17.8 Å². The van der Waals surface area contributed by atoms with E-state index in [-0.39, 0.29) is 24.3 Å². The predicted octanol–water partition coefficient (Wildman–Crippen LogP) is 5.00. The summed E-state index contributed by atoms with van der Waals surface area (Å²) < 4.78 is 1.83. The van der Waals surface area contributed by atoms with E-state index in [2.05, 4.69) is 15.7 Å². The fourth-order valence-corrected chi connectivity index (χ4v) is 4.30. The summed E-state index contributed by atoms with van der Waals surface area (Å²) in [5.74, 6) is -0.189. The average molecular weight is 451 g/mol. The van der Waals surface area contributed by atoms with Gasteiger partial charge in [0, 0.05) is 33.6 Å². The van der Waals surface area contributed by atoms with Gasteiger partial charge < -0.3 is 10.6 Å². The van der Waals surface area contributed by atoms with Gasteiger partial charge in [-0.1, -0.05) is 24.4 Å². The summed E-state index contributed by atoms with van der Waals surface area (Å²) >= 11 is 5.98. The van der Waals surface area contributed by atoms with E-state index in [0.29, 0.717) is 16.3 Å². The number of carbonyl (C=O) groups is 2. The molecule has 1 saturated carbocycles. The molecule has 1 aromatic heterocycles. The van der Waals surface area contributed by atoms with Gasteiger partial charge in [0.15, 0.2) is 0 Å². The van der Waals surface area contributed by atoms with Crippen molar-refractivity contribution in [2.45, 2.75) is 52.0 Å². The lowest BCUT2D eigenvalue weighted by Gasteiger charge is -2.12. The molecule has 3 aromatic rings. The van der Waals surface area contributed by atoms with E-state index in [0.717, 1.165) is 35.5 Å². The largest absolute Gasteiger partial charge is 0.349 e. The van der Waals surface area contributed by atoms with Gasteiger partial charge in [0.2, 0.25) is 5.91 Å². The van der Waals surface area contributed by atoms with Gasteiger partial charge in [-0.3, -0.25) is 9.59 Å². The van der Waals surface area contributed by atoms with Crippen molar-refractivity contribution in [1.82, 2.24) is 15.1 Å². The lowest BCUT2D eigenvalue weighted by Crippen LogP contribution is -2.32. The van der Waals surface area contributed by atoms with Crippen molar-refractivity contribution in [3.05, 3.63) is 76.1 Å². The van der Waals surface area contributed by atoms with E-state index in [1.165, 1.54) is 12.8 Å². The highest BCUT2D eigenvalue weighted by molar-refractivity contribution is 6.30. The number of amides is 2. The zero-order chi connectivity index (χ0) is 22.7. The Morgan fingerprint density at radius 2 is 1.69 bits per heavy atom. The summed E-state index contributed by atoms with van der Waals surface area (Å²) in [6.07, 6.45) is 4.66. The van der Waals surface area contributed by atoms with Crippen LogP contribution in [0, 0.1) is 13.8 Å². The Labute approximate surface area is 193 Å². The molecule has 7 heteroatoms. The van der Waals surface area contributed by atoms with Crippen LogP contribution in [-0.2, 0) is 11.2 Å². The fourth-order valence-electron chi connectivity index (χ4n) is 4.17. The molecule has 1 fully saturated rings. The number of hydrogen-bond acceptors (Lipinski definition) is 3. The second kappa shape index (κ2) is 9.57. The SMILES string of the molecule is Cc1nn(-c2ccc(Cl)cc2)c(C)c1CC(=O)Nc1ccc(C(=O)NC2CCCC2)cc1. The van der Waals surface area contributed by atoms with Gasteiger partial charge in [-0.25, -0.2) is 4.68 Å². The minimum atomic E-state index is -0.130. The molecule has 0 unspecified atom stereocenters. The van der Waals surface area contributed by atoms with Crippen molar-refractivity contribution < 1.29 is 9.59 Å². The first kappa shape index (κ1) is 22.1. The molecule has 0 saturated heterocycles. The van der Waals surface area contributed by atoms with Gasteiger partial charge in [0.25, 0.3) is 5.91 Å². The first-order valence-electron chi connectivity index (χ1n) is 10.9. The van der Waals surface area contributed by atoms with Crippen molar-refractivity contribution in [2.75, 3.05) is 5.32 Å². The Balaban J connectivity index is 1.39. The number of hydrogen-bond donors (Lipinski definition) is 2. The van der Waals surface area contributed by atoms with E-state index in [9.17, 15) is 9.59 Å². The molecule has 1 aliphatic rings. The smallest absolute Gasteiger partial charge is 0.251 e. The maximum atomic E-state index is 12.7. The van der Waals surface area contributed by atoms with E-state index in [1.807, 2.05) is 42.8 Å². The monoisotopic (exact) mass is 450 g/mol. The van der Waals surface area contributed by atoms with Crippen LogP contribution < -0.4 is 10.6 Å². The molecular formula is C25H27ClN4O2. The summed E-state index contributed by atoms with van der Waals surface area (Å²) in [6, 6.07) is 14.7. The van der Waals surface area contributed by atoms with Crippen LogP contribution >= 0.6 is 11.6 Å². The third-order valence-electron chi connectivity index (χ3n) is 5.97. The van der Waals surface area contributed by atoms with E-state index in [1.54, 1.807) is 24.3 Å². The van der Waals surface area contributed by atoms with Crippen molar-refractivity contribution >= 4 is 29.1 Å². The van der Waals surface area contributed by atoms with Crippen LogP contribution in [0.2, 0.25) is 5.02 Å². The standard InChI is InChI=1S/C25H27ClN4O2/c1-16-23(17(2)30(29-16)22-13-9-19(26)10-14-22)15-24(31)27-21-11-7-18(8-12-21)25(32)28-20-5-3-4-6-20/h7-14,20H,3-6,15H2,1-2H3,(H,27,31)(H,28,32). The van der Waals surface area contributed by atoms with Crippen molar-refractivity contribution in [3.8, 4) is 5.69 Å². The van der Waals surface area contributed by atoms with Crippen LogP contribution in [-0.4, -0.2) is 27.6 Å². The Morgan fingerprint density at radius 1 is 1.03 bits per heavy atom. The zero-order valence-electron chi connectivity index (χ0n) is 18.3. The van der Waals surface area contributed by atoms with Crippen LogP contribution in [0.5, 0.6) is 0 Å². The Morgan fingerprint density at radius 3 is 2.34 bits per heavy atom. The van der Waals surface area contributed by atoms with Gasteiger partial charge in [-0.2, -0.15) is 5.10 Å². The molecule has 0 spiro atoms. The molecule has 166 valence electrons. The lowest BCUT2D eigenvalue weighted by molar-refractivity contribution is -0.115. The molecule has 0 bridgehead atoms. The number of nitrogens with one attached hydrogen (secondary N) is 2. The number of anilines is 1. The first-order chi connectivity index (χ1) is 15.4. The van der Waals surface area contributed by atoms with Crippen molar-refractivity contribution in [3.63, 3.8) is 0 Å². The summed E-state index contributed by atoms with van der Waals surface area (Å²) in [6.45, 7) is 3.86. The van der Waals surface area contributed by atoms with Gasteiger partial charge in [0.1, 0.15) is 0 Å². The third-order valence-corrected chi connectivity index (χ3v) is 6.22. The van der Waals surface area contributed by atoms with Gasteiger partial charge in [-0.05, 0) is 75.2 Å². The molecular weight excluding hydrogens is 424 g/mol. The van der Waals surface area contributed by atoms with Gasteiger partial charge in [-0.15, -0.1) is 0 Å². The molecule has 1 heterocycles. The lowest BCUT2D eigenvalue weighted by atomic mass is 10.1. The fraction of sp³-hybridized carbons (Fsp3) is 0.320. The minimum absolute atomic E-state index is 0.0596. The molecule has 0 aliphatic heterocycles. The number of carbonyl (C=O) groups excluding carboxylic acids is 2. The summed E-state index contributed by atoms with van der Waals surface area (Å²) in [5, 5.41) is 11.2. The average Bonchev–Trinajstić information content (AvgIpc) is 3.38. The van der Waals surface area contributed by atoms with Gasteiger partial charge >= 0.3 is 0 Å². The second-order valence-corrected chi connectivity index (χ2v) is 8.73. The Hall–Kier alpha value is -3.12. The minimum Gasteiger partial charge on any atom is -0.349 e.